The second-order valence-corrected chi connectivity index (χ2v) is 6.15. The van der Waals surface area contributed by atoms with Crippen LogP contribution in [0.15, 0.2) is 52.9 Å². The number of thioether (sulfide) groups is 1. The third-order valence-corrected chi connectivity index (χ3v) is 4.70. The van der Waals surface area contributed by atoms with Crippen LogP contribution in [-0.2, 0) is 6.42 Å². The lowest BCUT2D eigenvalue weighted by atomic mass is 9.90. The summed E-state index contributed by atoms with van der Waals surface area (Å²) in [7, 11) is 0. The highest BCUT2D eigenvalue weighted by Crippen LogP contribution is 2.38. The number of halogens is 1. The van der Waals surface area contributed by atoms with Crippen LogP contribution in [0.25, 0.3) is 6.08 Å². The number of benzene rings is 2. The Bertz CT molecular complexity index is 656. The van der Waals surface area contributed by atoms with Gasteiger partial charge < -0.3 is 0 Å². The van der Waals surface area contributed by atoms with E-state index in [9.17, 15) is 4.39 Å². The summed E-state index contributed by atoms with van der Waals surface area (Å²) in [5.74, 6) is 0.225. The summed E-state index contributed by atoms with van der Waals surface area (Å²) in [6.07, 6.45) is 5.18. The van der Waals surface area contributed by atoms with Gasteiger partial charge in [-0.1, -0.05) is 29.8 Å². The van der Waals surface area contributed by atoms with Gasteiger partial charge in [0, 0.05) is 10.8 Å². The fraction of sp³-hybridized carbons (Fsp3) is 0.222. The van der Waals surface area contributed by atoms with Gasteiger partial charge in [-0.05, 0) is 60.6 Å². The van der Waals surface area contributed by atoms with E-state index in [4.69, 9.17) is 0 Å². The first kappa shape index (κ1) is 13.4. The molecule has 0 saturated heterocycles. The van der Waals surface area contributed by atoms with E-state index in [1.54, 1.807) is 23.9 Å². The van der Waals surface area contributed by atoms with Crippen LogP contribution in [0, 0.1) is 5.82 Å². The third-order valence-electron chi connectivity index (χ3n) is 3.96. The summed E-state index contributed by atoms with van der Waals surface area (Å²) in [5.41, 5.74) is 4.93. The summed E-state index contributed by atoms with van der Waals surface area (Å²) in [6.45, 7) is 2.14. The van der Waals surface area contributed by atoms with E-state index >= 15 is 0 Å². The lowest BCUT2D eigenvalue weighted by molar-refractivity contribution is 0.626. The third kappa shape index (κ3) is 2.53. The van der Waals surface area contributed by atoms with E-state index in [2.05, 4.69) is 43.5 Å². The zero-order chi connectivity index (χ0) is 14.1. The van der Waals surface area contributed by atoms with Crippen LogP contribution in [0.2, 0.25) is 0 Å². The fourth-order valence-corrected chi connectivity index (χ4v) is 3.26. The normalized spacial score (nSPS) is 16.9. The molecule has 2 aromatic carbocycles. The van der Waals surface area contributed by atoms with Crippen molar-refractivity contribution in [3.63, 3.8) is 0 Å². The van der Waals surface area contributed by atoms with E-state index in [-0.39, 0.29) is 5.82 Å². The molecule has 0 amide bonds. The number of rotatable bonds is 3. The van der Waals surface area contributed by atoms with Crippen molar-refractivity contribution in [2.45, 2.75) is 24.2 Å². The maximum absolute atomic E-state index is 13.3. The zero-order valence-corrected chi connectivity index (χ0v) is 12.5. The van der Waals surface area contributed by atoms with E-state index in [0.29, 0.717) is 5.92 Å². The molecule has 0 fully saturated rings. The van der Waals surface area contributed by atoms with Crippen LogP contribution >= 0.6 is 11.8 Å². The molecule has 0 N–H and O–H groups in total. The molecule has 0 heterocycles. The molecule has 0 radical (unpaired) electrons. The molecule has 0 saturated carbocycles. The molecule has 0 nitrogen and oxygen atoms in total. The van der Waals surface area contributed by atoms with Crippen molar-refractivity contribution in [3.05, 3.63) is 70.5 Å². The highest BCUT2D eigenvalue weighted by atomic mass is 32.2. The van der Waals surface area contributed by atoms with Crippen LogP contribution in [0.3, 0.4) is 0 Å². The predicted molar refractivity (Wildman–Crippen MR) is 84.7 cm³/mol. The molecule has 0 bridgehead atoms. The minimum Gasteiger partial charge on any atom is -0.207 e. The first-order valence-electron chi connectivity index (χ1n) is 6.78. The Morgan fingerprint density at radius 2 is 1.85 bits per heavy atom. The van der Waals surface area contributed by atoms with Gasteiger partial charge in [0.25, 0.3) is 0 Å². The quantitative estimate of drug-likeness (QED) is 0.690. The molecule has 2 heteroatoms. The van der Waals surface area contributed by atoms with Crippen LogP contribution < -0.4 is 0 Å². The Balaban J connectivity index is 1.86. The maximum Gasteiger partial charge on any atom is 0.123 e. The van der Waals surface area contributed by atoms with Crippen molar-refractivity contribution in [2.75, 3.05) is 6.26 Å². The van der Waals surface area contributed by atoms with Crippen molar-refractivity contribution in [2.24, 2.45) is 0 Å². The molecule has 0 unspecified atom stereocenters. The summed E-state index contributed by atoms with van der Waals surface area (Å²) >= 11 is 1.76. The van der Waals surface area contributed by atoms with Gasteiger partial charge in [-0.3, -0.25) is 0 Å². The zero-order valence-electron chi connectivity index (χ0n) is 11.7. The maximum atomic E-state index is 13.3. The van der Waals surface area contributed by atoms with Crippen LogP contribution in [0.1, 0.15) is 29.5 Å². The van der Waals surface area contributed by atoms with Gasteiger partial charge in [-0.15, -0.1) is 11.8 Å². The Morgan fingerprint density at radius 1 is 1.10 bits per heavy atom. The summed E-state index contributed by atoms with van der Waals surface area (Å²) in [5, 5.41) is 0. The molecule has 1 aliphatic rings. The summed E-state index contributed by atoms with van der Waals surface area (Å²) < 4.78 is 13.3. The molecular weight excluding hydrogens is 267 g/mol. The van der Waals surface area contributed by atoms with Crippen molar-refractivity contribution in [1.82, 2.24) is 0 Å². The van der Waals surface area contributed by atoms with Gasteiger partial charge in [-0.25, -0.2) is 4.39 Å². The summed E-state index contributed by atoms with van der Waals surface area (Å²) in [6, 6.07) is 13.9. The molecule has 102 valence electrons. The molecule has 1 atom stereocenters. The predicted octanol–water partition coefficient (Wildman–Crippen LogP) is 5.29. The lowest BCUT2D eigenvalue weighted by Crippen LogP contribution is -2.02. The largest absolute Gasteiger partial charge is 0.207 e. The van der Waals surface area contributed by atoms with Gasteiger partial charge in [0.15, 0.2) is 0 Å². The van der Waals surface area contributed by atoms with E-state index < -0.39 is 0 Å². The molecule has 1 aliphatic carbocycles. The van der Waals surface area contributed by atoms with E-state index in [1.807, 2.05) is 6.07 Å². The molecule has 0 aliphatic heterocycles. The monoisotopic (exact) mass is 284 g/mol. The van der Waals surface area contributed by atoms with Crippen molar-refractivity contribution >= 4 is 17.8 Å². The Kier molecular flexibility index (Phi) is 3.66. The van der Waals surface area contributed by atoms with Crippen LogP contribution in [0.4, 0.5) is 4.39 Å². The molecule has 20 heavy (non-hydrogen) atoms. The number of fused-ring (bicyclic) bond motifs is 1. The lowest BCUT2D eigenvalue weighted by Gasteiger charge is -2.15. The topological polar surface area (TPSA) is 0 Å². The number of allylic oxidation sites excluding steroid dienone is 1. The average Bonchev–Trinajstić information content (AvgIpc) is 2.75. The van der Waals surface area contributed by atoms with Crippen molar-refractivity contribution in [1.29, 1.82) is 0 Å². The smallest absolute Gasteiger partial charge is 0.123 e. The number of hydrogen-bond acceptors (Lipinski definition) is 1. The molecule has 0 spiro atoms. The minimum atomic E-state index is -0.155. The standard InChI is InChI=1S/C18H17FS/c1-12-9-14-11-15(19)5-8-17(14)18(12)10-13-3-6-16(20-2)7-4-13/h3-9,11,18H,10H2,1-2H3/t18-/m0/s1. The Labute approximate surface area is 123 Å². The first-order chi connectivity index (χ1) is 9.67. The number of hydrogen-bond donors (Lipinski definition) is 0. The second-order valence-electron chi connectivity index (χ2n) is 5.27. The summed E-state index contributed by atoms with van der Waals surface area (Å²) in [4.78, 5) is 1.29. The second kappa shape index (κ2) is 5.45. The molecule has 3 rings (SSSR count). The highest BCUT2D eigenvalue weighted by molar-refractivity contribution is 7.98. The van der Waals surface area contributed by atoms with Crippen molar-refractivity contribution < 1.29 is 4.39 Å². The van der Waals surface area contributed by atoms with E-state index in [0.717, 1.165) is 12.0 Å². The van der Waals surface area contributed by atoms with Gasteiger partial charge in [0.2, 0.25) is 0 Å². The van der Waals surface area contributed by atoms with E-state index in [1.165, 1.54) is 21.6 Å². The first-order valence-corrected chi connectivity index (χ1v) is 8.00. The van der Waals surface area contributed by atoms with Crippen LogP contribution in [0.5, 0.6) is 0 Å². The van der Waals surface area contributed by atoms with Gasteiger partial charge >= 0.3 is 0 Å². The Morgan fingerprint density at radius 3 is 2.55 bits per heavy atom. The van der Waals surface area contributed by atoms with Gasteiger partial charge in [-0.2, -0.15) is 0 Å². The van der Waals surface area contributed by atoms with Gasteiger partial charge in [0.05, 0.1) is 0 Å². The van der Waals surface area contributed by atoms with Gasteiger partial charge in [0.1, 0.15) is 5.82 Å². The Hall–Kier alpha value is -1.54. The van der Waals surface area contributed by atoms with Crippen molar-refractivity contribution in [3.8, 4) is 0 Å². The van der Waals surface area contributed by atoms with Crippen LogP contribution in [-0.4, -0.2) is 6.26 Å². The fourth-order valence-electron chi connectivity index (χ4n) is 2.85. The highest BCUT2D eigenvalue weighted by Gasteiger charge is 2.22. The average molecular weight is 284 g/mol. The molecule has 2 aromatic rings. The SMILES string of the molecule is CSc1ccc(C[C@H]2C(C)=Cc3cc(F)ccc32)cc1. The minimum absolute atomic E-state index is 0.155. The molecule has 0 aromatic heterocycles. The molecular formula is C18H17FS.